The van der Waals surface area contributed by atoms with E-state index < -0.39 is 21.8 Å². The summed E-state index contributed by atoms with van der Waals surface area (Å²) < 4.78 is 22.5. The Bertz CT molecular complexity index is 727. The normalized spacial score (nSPS) is 17.1. The van der Waals surface area contributed by atoms with E-state index in [1.165, 1.54) is 6.26 Å². The molecule has 2 N–H and O–H groups in total. The quantitative estimate of drug-likeness (QED) is 0.466. The lowest BCUT2D eigenvalue weighted by molar-refractivity contribution is -0.139. The molecule has 0 aromatic heterocycles. The lowest BCUT2D eigenvalue weighted by Gasteiger charge is -2.43. The highest BCUT2D eigenvalue weighted by molar-refractivity contribution is 7.90. The molecule has 1 aliphatic rings. The standard InChI is InChI=1S/C19H27NO4S2/c1-26(23,24)13-6-5-10-19(11-7-12-19)18(25)20-16(17(21)22)14-15-8-3-2-4-9-15/h2-4,8-9,16H,5-7,10-14H2,1H3,(H,20,25)(H,21,22)/t16-/m0/s1. The third-order valence-electron chi connectivity index (χ3n) is 5.10. The van der Waals surface area contributed by atoms with Crippen molar-refractivity contribution >= 4 is 33.0 Å². The molecule has 26 heavy (non-hydrogen) atoms. The number of carbonyl (C=O) groups is 1. The van der Waals surface area contributed by atoms with Gasteiger partial charge in [0.1, 0.15) is 15.9 Å². The number of aliphatic carboxylic acids is 1. The molecule has 1 aromatic rings. The molecule has 0 bridgehead atoms. The molecule has 7 heteroatoms. The molecule has 0 unspecified atom stereocenters. The van der Waals surface area contributed by atoms with Gasteiger partial charge in [-0.2, -0.15) is 0 Å². The molecular weight excluding hydrogens is 370 g/mol. The number of benzene rings is 1. The van der Waals surface area contributed by atoms with Crippen LogP contribution in [0.5, 0.6) is 0 Å². The zero-order chi connectivity index (χ0) is 19.2. The van der Waals surface area contributed by atoms with Crippen LogP contribution in [0.4, 0.5) is 0 Å². The largest absolute Gasteiger partial charge is 0.480 e. The number of rotatable bonds is 10. The Morgan fingerprint density at radius 1 is 1.27 bits per heavy atom. The molecule has 1 aliphatic carbocycles. The van der Waals surface area contributed by atoms with Gasteiger partial charge in [0, 0.05) is 23.8 Å². The molecule has 0 spiro atoms. The molecule has 2 rings (SSSR count). The lowest BCUT2D eigenvalue weighted by atomic mass is 9.65. The number of hydrogen-bond donors (Lipinski definition) is 2. The lowest BCUT2D eigenvalue weighted by Crippen LogP contribution is -2.51. The minimum Gasteiger partial charge on any atom is -0.480 e. The third kappa shape index (κ3) is 6.06. The Kier molecular flexibility index (Phi) is 7.17. The van der Waals surface area contributed by atoms with Crippen LogP contribution in [-0.2, 0) is 21.1 Å². The molecule has 144 valence electrons. The maximum Gasteiger partial charge on any atom is 0.326 e. The average molecular weight is 398 g/mol. The van der Waals surface area contributed by atoms with Crippen molar-refractivity contribution in [3.8, 4) is 0 Å². The second kappa shape index (κ2) is 8.95. The van der Waals surface area contributed by atoms with Crippen LogP contribution in [0.25, 0.3) is 0 Å². The van der Waals surface area contributed by atoms with Crippen LogP contribution in [0.15, 0.2) is 30.3 Å². The number of sulfone groups is 1. The van der Waals surface area contributed by atoms with Gasteiger partial charge in [0.25, 0.3) is 0 Å². The monoisotopic (exact) mass is 397 g/mol. The summed E-state index contributed by atoms with van der Waals surface area (Å²) >= 11 is 5.58. The molecule has 0 saturated heterocycles. The van der Waals surface area contributed by atoms with Crippen LogP contribution in [0.3, 0.4) is 0 Å². The van der Waals surface area contributed by atoms with E-state index in [4.69, 9.17) is 12.2 Å². The van der Waals surface area contributed by atoms with Gasteiger partial charge in [0.05, 0.1) is 4.99 Å². The molecule has 0 radical (unpaired) electrons. The molecule has 1 saturated carbocycles. The summed E-state index contributed by atoms with van der Waals surface area (Å²) in [6, 6.07) is 8.75. The maximum atomic E-state index is 11.7. The van der Waals surface area contributed by atoms with Crippen molar-refractivity contribution in [2.75, 3.05) is 12.0 Å². The van der Waals surface area contributed by atoms with Crippen molar-refractivity contribution in [2.24, 2.45) is 5.41 Å². The van der Waals surface area contributed by atoms with Crippen molar-refractivity contribution in [3.63, 3.8) is 0 Å². The van der Waals surface area contributed by atoms with Crippen LogP contribution < -0.4 is 5.32 Å². The molecular formula is C19H27NO4S2. The summed E-state index contributed by atoms with van der Waals surface area (Å²) in [4.78, 5) is 12.3. The highest BCUT2D eigenvalue weighted by atomic mass is 32.2. The van der Waals surface area contributed by atoms with E-state index in [1.54, 1.807) is 0 Å². The fourth-order valence-corrected chi connectivity index (χ4v) is 4.56. The van der Waals surface area contributed by atoms with Crippen molar-refractivity contribution in [2.45, 2.75) is 51.0 Å². The highest BCUT2D eigenvalue weighted by Gasteiger charge is 2.41. The smallest absolute Gasteiger partial charge is 0.326 e. The molecule has 1 aromatic carbocycles. The minimum atomic E-state index is -2.94. The minimum absolute atomic E-state index is 0.169. The second-order valence-electron chi connectivity index (χ2n) is 7.27. The first kappa shape index (κ1) is 20.8. The third-order valence-corrected chi connectivity index (χ3v) is 6.68. The number of thiocarbonyl (C=S) groups is 1. The Morgan fingerprint density at radius 3 is 2.42 bits per heavy atom. The highest BCUT2D eigenvalue weighted by Crippen LogP contribution is 2.46. The van der Waals surface area contributed by atoms with Crippen LogP contribution in [-0.4, -0.2) is 42.5 Å². The zero-order valence-electron chi connectivity index (χ0n) is 15.1. The summed E-state index contributed by atoms with van der Waals surface area (Å²) in [5.41, 5.74) is 0.781. The predicted molar refractivity (Wildman–Crippen MR) is 107 cm³/mol. The van der Waals surface area contributed by atoms with E-state index in [-0.39, 0.29) is 11.2 Å². The molecule has 1 fully saturated rings. The van der Waals surface area contributed by atoms with E-state index in [0.717, 1.165) is 37.7 Å². The second-order valence-corrected chi connectivity index (χ2v) is 9.94. The number of nitrogens with one attached hydrogen (secondary N) is 1. The van der Waals surface area contributed by atoms with Gasteiger partial charge in [0.2, 0.25) is 0 Å². The van der Waals surface area contributed by atoms with Gasteiger partial charge >= 0.3 is 5.97 Å². The Balaban J connectivity index is 1.94. The number of carboxylic acids is 1. The van der Waals surface area contributed by atoms with Crippen molar-refractivity contribution in [1.29, 1.82) is 0 Å². The SMILES string of the molecule is CS(=O)(=O)CCCCC1(C(=S)N[C@@H](Cc2ccccc2)C(=O)O)CCC1. The van der Waals surface area contributed by atoms with Crippen molar-refractivity contribution in [1.82, 2.24) is 5.32 Å². The molecule has 5 nitrogen and oxygen atoms in total. The van der Waals surface area contributed by atoms with Crippen LogP contribution in [0.1, 0.15) is 44.1 Å². The first-order valence-corrected chi connectivity index (χ1v) is 11.4. The first-order chi connectivity index (χ1) is 12.2. The fourth-order valence-electron chi connectivity index (χ4n) is 3.38. The summed E-state index contributed by atoms with van der Waals surface area (Å²) in [6.45, 7) is 0. The van der Waals surface area contributed by atoms with Crippen LogP contribution in [0.2, 0.25) is 0 Å². The van der Waals surface area contributed by atoms with E-state index in [1.807, 2.05) is 30.3 Å². The van der Waals surface area contributed by atoms with Crippen molar-refractivity contribution in [3.05, 3.63) is 35.9 Å². The number of unbranched alkanes of at least 4 members (excludes halogenated alkanes) is 1. The zero-order valence-corrected chi connectivity index (χ0v) is 16.7. The van der Waals surface area contributed by atoms with E-state index in [0.29, 0.717) is 17.8 Å². The number of carboxylic acid groups (broad SMARTS) is 1. The van der Waals surface area contributed by atoms with Gasteiger partial charge in [-0.3, -0.25) is 0 Å². The maximum absolute atomic E-state index is 11.7. The van der Waals surface area contributed by atoms with Gasteiger partial charge in [-0.1, -0.05) is 55.4 Å². The Hall–Kier alpha value is -1.47. The van der Waals surface area contributed by atoms with Crippen LogP contribution in [0, 0.1) is 5.41 Å². The average Bonchev–Trinajstić information content (AvgIpc) is 2.52. The molecule has 0 amide bonds. The first-order valence-electron chi connectivity index (χ1n) is 8.97. The Morgan fingerprint density at radius 2 is 1.92 bits per heavy atom. The van der Waals surface area contributed by atoms with Crippen molar-refractivity contribution < 1.29 is 18.3 Å². The number of hydrogen-bond acceptors (Lipinski definition) is 4. The summed E-state index contributed by atoms with van der Waals surface area (Å²) in [6.07, 6.45) is 6.79. The molecule has 0 heterocycles. The molecule has 1 atom stereocenters. The van der Waals surface area contributed by atoms with Crippen LogP contribution >= 0.6 is 12.2 Å². The molecule has 0 aliphatic heterocycles. The van der Waals surface area contributed by atoms with Gasteiger partial charge in [0.15, 0.2) is 0 Å². The summed E-state index contributed by atoms with van der Waals surface area (Å²) in [5.74, 6) is -0.725. The van der Waals surface area contributed by atoms with Gasteiger partial charge < -0.3 is 10.4 Å². The van der Waals surface area contributed by atoms with Gasteiger partial charge in [-0.05, 0) is 31.2 Å². The topological polar surface area (TPSA) is 83.5 Å². The summed E-state index contributed by atoms with van der Waals surface area (Å²) in [7, 11) is -2.94. The van der Waals surface area contributed by atoms with E-state index in [2.05, 4.69) is 5.32 Å². The predicted octanol–water partition coefficient (Wildman–Crippen LogP) is 2.98. The van der Waals surface area contributed by atoms with E-state index in [9.17, 15) is 18.3 Å². The van der Waals surface area contributed by atoms with Gasteiger partial charge in [-0.15, -0.1) is 0 Å². The van der Waals surface area contributed by atoms with Gasteiger partial charge in [-0.25, -0.2) is 13.2 Å². The van der Waals surface area contributed by atoms with E-state index >= 15 is 0 Å². The Labute approximate surface area is 161 Å². The fraction of sp³-hybridized carbons (Fsp3) is 0.579. The summed E-state index contributed by atoms with van der Waals surface area (Å²) in [5, 5.41) is 12.6.